The molecule has 13 heteroatoms. The van der Waals surface area contributed by atoms with Crippen molar-refractivity contribution in [2.75, 3.05) is 6.54 Å². The fraction of sp³-hybridized carbons (Fsp3) is 0.647. The van der Waals surface area contributed by atoms with E-state index in [-0.39, 0.29) is 12.8 Å². The number of carbonyl (C=O) groups is 6. The molecule has 30 heavy (non-hydrogen) atoms. The van der Waals surface area contributed by atoms with Crippen LogP contribution in [-0.4, -0.2) is 71.3 Å². The number of carboxylic acid groups (broad SMARTS) is 1. The van der Waals surface area contributed by atoms with E-state index in [4.69, 9.17) is 16.6 Å². The lowest BCUT2D eigenvalue weighted by Crippen LogP contribution is -2.57. The first-order valence-electron chi connectivity index (χ1n) is 9.45. The molecule has 4 unspecified atom stereocenters. The molecule has 0 aliphatic carbocycles. The number of hydrogen-bond donors (Lipinski definition) is 7. The second-order valence-electron chi connectivity index (χ2n) is 7.02. The molecular formula is C17H28N6O7. The lowest BCUT2D eigenvalue weighted by Gasteiger charge is -2.24. The molecule has 1 fully saturated rings. The zero-order valence-electron chi connectivity index (χ0n) is 16.6. The summed E-state index contributed by atoms with van der Waals surface area (Å²) in [6.45, 7) is 1.85. The summed E-state index contributed by atoms with van der Waals surface area (Å²) in [4.78, 5) is 70.6. The molecule has 0 aromatic carbocycles. The van der Waals surface area contributed by atoms with Crippen molar-refractivity contribution < 1.29 is 33.9 Å². The number of carbonyl (C=O) groups excluding carboxylic acids is 5. The lowest BCUT2D eigenvalue weighted by atomic mass is 10.1. The predicted molar refractivity (Wildman–Crippen MR) is 102 cm³/mol. The van der Waals surface area contributed by atoms with Crippen molar-refractivity contribution in [3.8, 4) is 0 Å². The molecule has 1 saturated heterocycles. The van der Waals surface area contributed by atoms with E-state index in [1.54, 1.807) is 0 Å². The lowest BCUT2D eigenvalue weighted by molar-refractivity contribution is -0.142. The van der Waals surface area contributed by atoms with Gasteiger partial charge in [-0.15, -0.1) is 0 Å². The quantitative estimate of drug-likeness (QED) is 0.164. The number of amides is 5. The maximum atomic E-state index is 12.7. The molecule has 0 aromatic heterocycles. The van der Waals surface area contributed by atoms with Crippen molar-refractivity contribution >= 4 is 35.5 Å². The molecule has 0 bridgehead atoms. The van der Waals surface area contributed by atoms with Gasteiger partial charge >= 0.3 is 5.97 Å². The average Bonchev–Trinajstić information content (AvgIpc) is 3.18. The second-order valence-corrected chi connectivity index (χ2v) is 7.02. The average molecular weight is 428 g/mol. The minimum absolute atomic E-state index is 0.129. The van der Waals surface area contributed by atoms with E-state index in [1.807, 2.05) is 0 Å². The number of rotatable bonds is 12. The summed E-state index contributed by atoms with van der Waals surface area (Å²) in [6.07, 6.45) is 0.439. The fourth-order valence-corrected chi connectivity index (χ4v) is 2.79. The Balaban J connectivity index is 2.88. The summed E-state index contributed by atoms with van der Waals surface area (Å²) < 4.78 is 0. The first-order chi connectivity index (χ1) is 14.0. The zero-order valence-corrected chi connectivity index (χ0v) is 16.6. The van der Waals surface area contributed by atoms with Gasteiger partial charge in [-0.05, 0) is 32.7 Å². The molecule has 0 saturated carbocycles. The molecule has 168 valence electrons. The summed E-state index contributed by atoms with van der Waals surface area (Å²) in [5.41, 5.74) is 10.2. The molecule has 1 heterocycles. The molecule has 0 radical (unpaired) electrons. The molecule has 1 aliphatic heterocycles. The standard InChI is InChI=1S/C17H28N6O7/c1-8(17(29)30)21-16(28)11(7-13(19)25)23-15(27)10(4-5-12(18)24)22-14(26)9-3-2-6-20-9/h8-11,20H,2-7H2,1H3,(H2,18,24)(H2,19,25)(H,21,28)(H,22,26)(H,23,27)(H,29,30). The minimum Gasteiger partial charge on any atom is -0.480 e. The highest BCUT2D eigenvalue weighted by Gasteiger charge is 2.31. The first-order valence-corrected chi connectivity index (χ1v) is 9.45. The van der Waals surface area contributed by atoms with Crippen LogP contribution >= 0.6 is 0 Å². The Morgan fingerprint density at radius 1 is 1.00 bits per heavy atom. The van der Waals surface area contributed by atoms with Gasteiger partial charge in [0.15, 0.2) is 0 Å². The van der Waals surface area contributed by atoms with Crippen LogP contribution in [0.4, 0.5) is 0 Å². The molecule has 0 spiro atoms. The van der Waals surface area contributed by atoms with Gasteiger partial charge in [0.2, 0.25) is 29.5 Å². The summed E-state index contributed by atoms with van der Waals surface area (Å²) in [7, 11) is 0. The van der Waals surface area contributed by atoms with Crippen LogP contribution in [0.25, 0.3) is 0 Å². The highest BCUT2D eigenvalue weighted by Crippen LogP contribution is 2.07. The smallest absolute Gasteiger partial charge is 0.325 e. The van der Waals surface area contributed by atoms with Crippen molar-refractivity contribution in [1.82, 2.24) is 21.3 Å². The molecule has 1 aliphatic rings. The third-order valence-corrected chi connectivity index (χ3v) is 4.46. The van der Waals surface area contributed by atoms with Gasteiger partial charge in [-0.1, -0.05) is 0 Å². The summed E-state index contributed by atoms with van der Waals surface area (Å²) >= 11 is 0. The topological polar surface area (TPSA) is 223 Å². The molecule has 4 atom stereocenters. The number of hydrogen-bond acceptors (Lipinski definition) is 7. The molecule has 0 aromatic rings. The van der Waals surface area contributed by atoms with Crippen LogP contribution in [0.15, 0.2) is 0 Å². The molecule has 9 N–H and O–H groups in total. The van der Waals surface area contributed by atoms with Crippen molar-refractivity contribution in [3.05, 3.63) is 0 Å². The van der Waals surface area contributed by atoms with Crippen LogP contribution in [0.1, 0.15) is 39.0 Å². The maximum Gasteiger partial charge on any atom is 0.325 e. The number of primary amides is 2. The Morgan fingerprint density at radius 2 is 1.63 bits per heavy atom. The normalized spacial score (nSPS) is 18.5. The van der Waals surface area contributed by atoms with Gasteiger partial charge in [0.25, 0.3) is 0 Å². The van der Waals surface area contributed by atoms with Crippen LogP contribution in [0, 0.1) is 0 Å². The number of nitrogens with two attached hydrogens (primary N) is 2. The second kappa shape index (κ2) is 11.7. The van der Waals surface area contributed by atoms with Crippen LogP contribution in [0.2, 0.25) is 0 Å². The van der Waals surface area contributed by atoms with Gasteiger partial charge in [0, 0.05) is 6.42 Å². The number of aliphatic carboxylic acids is 1. The Bertz CT molecular complexity index is 692. The summed E-state index contributed by atoms with van der Waals surface area (Å²) in [5.74, 6) is -5.15. The third kappa shape index (κ3) is 8.43. The fourth-order valence-electron chi connectivity index (χ4n) is 2.79. The van der Waals surface area contributed by atoms with Gasteiger partial charge in [-0.2, -0.15) is 0 Å². The van der Waals surface area contributed by atoms with E-state index in [0.717, 1.165) is 6.42 Å². The Hall–Kier alpha value is -3.22. The van der Waals surface area contributed by atoms with Crippen molar-refractivity contribution in [2.45, 2.75) is 63.2 Å². The monoisotopic (exact) mass is 428 g/mol. The maximum absolute atomic E-state index is 12.7. The Kier molecular flexibility index (Phi) is 9.68. The molecule has 1 rings (SSSR count). The number of carboxylic acids is 1. The molecular weight excluding hydrogens is 400 g/mol. The Morgan fingerprint density at radius 3 is 2.13 bits per heavy atom. The SMILES string of the molecule is CC(NC(=O)C(CC(N)=O)NC(=O)C(CCC(N)=O)NC(=O)C1CCCN1)C(=O)O. The van der Waals surface area contributed by atoms with Crippen LogP contribution in [0.5, 0.6) is 0 Å². The first kappa shape index (κ1) is 24.8. The number of nitrogens with one attached hydrogen (secondary N) is 4. The van der Waals surface area contributed by atoms with Crippen LogP contribution in [-0.2, 0) is 28.8 Å². The molecule has 5 amide bonds. The van der Waals surface area contributed by atoms with Gasteiger partial charge in [0.05, 0.1) is 12.5 Å². The van der Waals surface area contributed by atoms with E-state index in [0.29, 0.717) is 13.0 Å². The molecule has 13 nitrogen and oxygen atoms in total. The predicted octanol–water partition coefficient (Wildman–Crippen LogP) is -3.56. The van der Waals surface area contributed by atoms with Gasteiger partial charge in [-0.3, -0.25) is 28.8 Å². The van der Waals surface area contributed by atoms with Crippen LogP contribution in [0.3, 0.4) is 0 Å². The Labute approximate surface area is 172 Å². The largest absolute Gasteiger partial charge is 0.480 e. The third-order valence-electron chi connectivity index (χ3n) is 4.46. The highest BCUT2D eigenvalue weighted by molar-refractivity contribution is 5.96. The van der Waals surface area contributed by atoms with E-state index in [1.165, 1.54) is 6.92 Å². The van der Waals surface area contributed by atoms with Gasteiger partial charge in [0.1, 0.15) is 18.1 Å². The van der Waals surface area contributed by atoms with E-state index in [2.05, 4.69) is 21.3 Å². The van der Waals surface area contributed by atoms with E-state index < -0.39 is 66.1 Å². The minimum atomic E-state index is -1.46. The van der Waals surface area contributed by atoms with Gasteiger partial charge in [-0.25, -0.2) is 0 Å². The van der Waals surface area contributed by atoms with Crippen molar-refractivity contribution in [2.24, 2.45) is 11.5 Å². The van der Waals surface area contributed by atoms with Crippen LogP contribution < -0.4 is 32.7 Å². The zero-order chi connectivity index (χ0) is 22.8. The van der Waals surface area contributed by atoms with Crippen molar-refractivity contribution in [1.29, 1.82) is 0 Å². The summed E-state index contributed by atoms with van der Waals surface area (Å²) in [6, 6.07) is -4.43. The van der Waals surface area contributed by atoms with Crippen molar-refractivity contribution in [3.63, 3.8) is 0 Å². The highest BCUT2D eigenvalue weighted by atomic mass is 16.4. The van der Waals surface area contributed by atoms with E-state index >= 15 is 0 Å². The summed E-state index contributed by atoms with van der Waals surface area (Å²) in [5, 5.41) is 18.8. The van der Waals surface area contributed by atoms with E-state index in [9.17, 15) is 28.8 Å². The van der Waals surface area contributed by atoms with Gasteiger partial charge < -0.3 is 37.8 Å².